The van der Waals surface area contributed by atoms with Crippen molar-refractivity contribution in [3.63, 3.8) is 0 Å². The van der Waals surface area contributed by atoms with Crippen LogP contribution in [0.15, 0.2) is 39.5 Å². The lowest BCUT2D eigenvalue weighted by atomic mass is 9.98. The third-order valence-corrected chi connectivity index (χ3v) is 9.96. The smallest absolute Gasteiger partial charge is 0.325 e. The van der Waals surface area contributed by atoms with E-state index in [0.717, 1.165) is 22.7 Å². The SMILES string of the molecule is COC(=O)Cn1c(=NC(=O)C2CCN(S(=O)(=O)c3ccc(Cl)s3)CC2)sc2cccc(F)c21. The molecule has 0 saturated carbocycles. The normalized spacial score (nSPS) is 16.4. The van der Waals surface area contributed by atoms with Crippen LogP contribution in [0.2, 0.25) is 4.34 Å². The molecule has 4 rings (SSSR count). The van der Waals surface area contributed by atoms with Crippen LogP contribution in [0.25, 0.3) is 10.2 Å². The molecule has 1 aliphatic heterocycles. The molecule has 1 aromatic carbocycles. The highest BCUT2D eigenvalue weighted by Gasteiger charge is 2.33. The number of thiazole rings is 1. The van der Waals surface area contributed by atoms with Crippen LogP contribution < -0.4 is 4.80 Å². The number of hydrogen-bond donors (Lipinski definition) is 0. The molecule has 0 bridgehead atoms. The first-order valence-electron chi connectivity index (χ1n) is 9.89. The van der Waals surface area contributed by atoms with Crippen molar-refractivity contribution in [2.45, 2.75) is 23.6 Å². The Bertz CT molecular complexity index is 1390. The summed E-state index contributed by atoms with van der Waals surface area (Å²) in [6.45, 7) is 0.0591. The monoisotopic (exact) mass is 531 g/mol. The molecule has 0 spiro atoms. The molecule has 0 aliphatic carbocycles. The Labute approximate surface area is 201 Å². The molecule has 0 radical (unpaired) electrons. The van der Waals surface area contributed by atoms with Gasteiger partial charge < -0.3 is 9.30 Å². The van der Waals surface area contributed by atoms with Gasteiger partial charge in [-0.05, 0) is 37.1 Å². The Kier molecular flexibility index (Phi) is 7.01. The van der Waals surface area contributed by atoms with Gasteiger partial charge in [0.15, 0.2) is 4.80 Å². The number of carbonyl (C=O) groups is 2. The standard InChI is InChI=1S/C20H19ClFN3O5S3/c1-30-16(26)11-25-18-13(22)3-2-4-14(18)31-20(25)23-19(27)12-7-9-24(10-8-12)33(28,29)17-6-5-15(21)32-17/h2-6,12H,7-11H2,1H3. The fourth-order valence-electron chi connectivity index (χ4n) is 3.60. The number of piperidine rings is 1. The van der Waals surface area contributed by atoms with E-state index in [-0.39, 0.29) is 34.2 Å². The predicted molar refractivity (Wildman–Crippen MR) is 123 cm³/mol. The van der Waals surface area contributed by atoms with Crippen molar-refractivity contribution < 1.29 is 27.1 Å². The number of sulfonamides is 1. The van der Waals surface area contributed by atoms with E-state index in [1.807, 2.05) is 0 Å². The Morgan fingerprint density at radius 1 is 1.21 bits per heavy atom. The van der Waals surface area contributed by atoms with Gasteiger partial charge in [-0.15, -0.1) is 11.3 Å². The lowest BCUT2D eigenvalue weighted by molar-refractivity contribution is -0.141. The molecule has 33 heavy (non-hydrogen) atoms. The molecule has 3 aromatic rings. The minimum atomic E-state index is -3.66. The first-order valence-corrected chi connectivity index (χ1v) is 13.3. The van der Waals surface area contributed by atoms with E-state index in [1.54, 1.807) is 12.1 Å². The number of para-hydroxylation sites is 1. The minimum Gasteiger partial charge on any atom is -0.468 e. The van der Waals surface area contributed by atoms with Crippen LogP contribution in [0.5, 0.6) is 0 Å². The number of amides is 1. The molecule has 1 saturated heterocycles. The maximum atomic E-state index is 14.4. The summed E-state index contributed by atoms with van der Waals surface area (Å²) in [6, 6.07) is 7.49. The zero-order valence-corrected chi connectivity index (χ0v) is 20.6. The van der Waals surface area contributed by atoms with Crippen molar-refractivity contribution in [3.8, 4) is 0 Å². The fraction of sp³-hybridized carbons (Fsp3) is 0.350. The van der Waals surface area contributed by atoms with Crippen LogP contribution in [0.4, 0.5) is 4.39 Å². The third kappa shape index (κ3) is 4.90. The van der Waals surface area contributed by atoms with E-state index < -0.39 is 33.6 Å². The van der Waals surface area contributed by atoms with Crippen molar-refractivity contribution in [1.82, 2.24) is 8.87 Å². The number of rotatable bonds is 5. The molecule has 1 fully saturated rings. The highest BCUT2D eigenvalue weighted by Crippen LogP contribution is 2.31. The number of nitrogens with zero attached hydrogens (tertiary/aromatic N) is 3. The van der Waals surface area contributed by atoms with Gasteiger partial charge in [0, 0.05) is 19.0 Å². The number of esters is 1. The summed E-state index contributed by atoms with van der Waals surface area (Å²) >= 11 is 7.95. The topological polar surface area (TPSA) is 98.0 Å². The average Bonchev–Trinajstić information content (AvgIpc) is 3.38. The van der Waals surface area contributed by atoms with Crippen LogP contribution in [0.3, 0.4) is 0 Å². The van der Waals surface area contributed by atoms with Crippen LogP contribution in [-0.2, 0) is 30.9 Å². The summed E-state index contributed by atoms with van der Waals surface area (Å²) in [6.07, 6.45) is 0.605. The molecular weight excluding hydrogens is 513 g/mol. The molecule has 176 valence electrons. The molecule has 1 aliphatic rings. The molecule has 13 heteroatoms. The number of fused-ring (bicyclic) bond motifs is 1. The van der Waals surface area contributed by atoms with Crippen molar-refractivity contribution in [3.05, 3.63) is 45.3 Å². The van der Waals surface area contributed by atoms with E-state index in [0.29, 0.717) is 21.9 Å². The molecule has 1 amide bonds. The zero-order valence-electron chi connectivity index (χ0n) is 17.4. The number of methoxy groups -OCH3 is 1. The summed E-state index contributed by atoms with van der Waals surface area (Å²) in [4.78, 5) is 29.1. The number of carbonyl (C=O) groups excluding carboxylic acids is 2. The lowest BCUT2D eigenvalue weighted by Gasteiger charge is -2.29. The summed E-state index contributed by atoms with van der Waals surface area (Å²) in [5.74, 6) is -2.05. The number of ether oxygens (including phenoxy) is 1. The summed E-state index contributed by atoms with van der Waals surface area (Å²) in [5.41, 5.74) is 0.176. The van der Waals surface area contributed by atoms with E-state index in [9.17, 15) is 22.4 Å². The number of hydrogen-bond acceptors (Lipinski definition) is 7. The first kappa shape index (κ1) is 24.0. The molecule has 0 unspecified atom stereocenters. The largest absolute Gasteiger partial charge is 0.468 e. The van der Waals surface area contributed by atoms with Gasteiger partial charge in [0.2, 0.25) is 0 Å². The van der Waals surface area contributed by atoms with Gasteiger partial charge in [-0.25, -0.2) is 12.8 Å². The van der Waals surface area contributed by atoms with Gasteiger partial charge in [0.25, 0.3) is 15.9 Å². The van der Waals surface area contributed by atoms with Gasteiger partial charge in [-0.2, -0.15) is 9.30 Å². The zero-order chi connectivity index (χ0) is 23.8. The second-order valence-electron chi connectivity index (χ2n) is 7.32. The van der Waals surface area contributed by atoms with Crippen LogP contribution in [-0.4, -0.2) is 49.4 Å². The van der Waals surface area contributed by atoms with Crippen molar-refractivity contribution in [2.75, 3.05) is 20.2 Å². The number of benzene rings is 1. The quantitative estimate of drug-likeness (QED) is 0.471. The molecular formula is C20H19ClFN3O5S3. The number of aromatic nitrogens is 1. The number of halogens is 2. The van der Waals surface area contributed by atoms with Gasteiger partial charge in [0.05, 0.1) is 21.7 Å². The summed E-state index contributed by atoms with van der Waals surface area (Å²) in [7, 11) is -2.44. The van der Waals surface area contributed by atoms with Crippen LogP contribution in [0, 0.1) is 11.7 Å². The third-order valence-electron chi connectivity index (χ3n) is 5.32. The Hall–Kier alpha value is -2.12. The van der Waals surface area contributed by atoms with Gasteiger partial charge in [-0.1, -0.05) is 29.0 Å². The Morgan fingerprint density at radius 2 is 1.94 bits per heavy atom. The fourth-order valence-corrected chi connectivity index (χ4v) is 7.76. The summed E-state index contributed by atoms with van der Waals surface area (Å²) < 4.78 is 48.4. The summed E-state index contributed by atoms with van der Waals surface area (Å²) in [5, 5.41) is 0. The lowest BCUT2D eigenvalue weighted by Crippen LogP contribution is -2.40. The maximum absolute atomic E-state index is 14.4. The number of thiophene rings is 1. The van der Waals surface area contributed by atoms with E-state index in [4.69, 9.17) is 16.3 Å². The second kappa shape index (κ2) is 9.63. The molecule has 8 nitrogen and oxygen atoms in total. The van der Waals surface area contributed by atoms with E-state index >= 15 is 0 Å². The van der Waals surface area contributed by atoms with E-state index in [1.165, 1.54) is 34.2 Å². The van der Waals surface area contributed by atoms with Crippen molar-refractivity contribution >= 4 is 66.4 Å². The van der Waals surface area contributed by atoms with Crippen molar-refractivity contribution in [2.24, 2.45) is 10.9 Å². The molecule has 2 aromatic heterocycles. The first-order chi connectivity index (χ1) is 15.7. The van der Waals surface area contributed by atoms with E-state index in [2.05, 4.69) is 4.99 Å². The molecule has 0 atom stereocenters. The minimum absolute atomic E-state index is 0.165. The maximum Gasteiger partial charge on any atom is 0.325 e. The molecule has 0 N–H and O–H groups in total. The van der Waals surface area contributed by atoms with Gasteiger partial charge in [0.1, 0.15) is 16.6 Å². The second-order valence-corrected chi connectivity index (χ2v) is 12.2. The van der Waals surface area contributed by atoms with Crippen molar-refractivity contribution in [1.29, 1.82) is 0 Å². The predicted octanol–water partition coefficient (Wildman–Crippen LogP) is 3.26. The Balaban J connectivity index is 1.56. The van der Waals surface area contributed by atoms with Crippen LogP contribution >= 0.6 is 34.3 Å². The Morgan fingerprint density at radius 3 is 2.58 bits per heavy atom. The highest BCUT2D eigenvalue weighted by molar-refractivity contribution is 7.91. The average molecular weight is 532 g/mol. The molecule has 3 heterocycles. The van der Waals surface area contributed by atoms with Gasteiger partial charge >= 0.3 is 5.97 Å². The highest BCUT2D eigenvalue weighted by atomic mass is 35.5. The van der Waals surface area contributed by atoms with Gasteiger partial charge in [-0.3, -0.25) is 9.59 Å². The van der Waals surface area contributed by atoms with Crippen LogP contribution in [0.1, 0.15) is 12.8 Å².